The van der Waals surface area contributed by atoms with Crippen molar-refractivity contribution in [2.45, 2.75) is 24.1 Å². The SMILES string of the molecule is O=S(=O)(Cl)OC1(CO)OC[C@@H](O)[C@@H](O)[C@@H]1O. The molecule has 4 atom stereocenters. The van der Waals surface area contributed by atoms with Gasteiger partial charge in [-0.15, -0.1) is 0 Å². The van der Waals surface area contributed by atoms with E-state index in [1.54, 1.807) is 0 Å². The normalized spacial score (nSPS) is 40.9. The molecule has 16 heavy (non-hydrogen) atoms. The molecule has 0 bridgehead atoms. The highest BCUT2D eigenvalue weighted by molar-refractivity contribution is 8.10. The average molecular weight is 279 g/mol. The van der Waals surface area contributed by atoms with Crippen molar-refractivity contribution in [2.75, 3.05) is 13.2 Å². The molecule has 1 heterocycles. The summed E-state index contributed by atoms with van der Waals surface area (Å²) in [6.45, 7) is -1.59. The Labute approximate surface area is 95.6 Å². The Balaban J connectivity index is 2.96. The number of rotatable bonds is 3. The van der Waals surface area contributed by atoms with Gasteiger partial charge in [-0.25, -0.2) is 4.18 Å². The lowest BCUT2D eigenvalue weighted by Gasteiger charge is -2.42. The van der Waals surface area contributed by atoms with E-state index >= 15 is 0 Å². The zero-order chi connectivity index (χ0) is 12.6. The van der Waals surface area contributed by atoms with Crippen molar-refractivity contribution in [1.82, 2.24) is 0 Å². The predicted octanol–water partition coefficient (Wildman–Crippen LogP) is -2.71. The molecule has 0 aromatic rings. The molecule has 1 saturated heterocycles. The average Bonchev–Trinajstić information content (AvgIpc) is 2.18. The lowest BCUT2D eigenvalue weighted by atomic mass is 9.98. The molecule has 10 heteroatoms. The molecule has 0 aromatic carbocycles. The molecule has 1 fully saturated rings. The van der Waals surface area contributed by atoms with E-state index in [-0.39, 0.29) is 0 Å². The molecule has 0 aromatic heterocycles. The van der Waals surface area contributed by atoms with Gasteiger partial charge in [-0.1, -0.05) is 0 Å². The molecule has 1 aliphatic heterocycles. The van der Waals surface area contributed by atoms with Crippen molar-refractivity contribution in [1.29, 1.82) is 0 Å². The van der Waals surface area contributed by atoms with E-state index in [9.17, 15) is 18.6 Å². The molecule has 1 aliphatic rings. The van der Waals surface area contributed by atoms with E-state index in [0.29, 0.717) is 0 Å². The molecule has 1 rings (SSSR count). The Kier molecular flexibility index (Phi) is 4.13. The van der Waals surface area contributed by atoms with Crippen LogP contribution in [0.3, 0.4) is 0 Å². The number of aliphatic hydroxyl groups excluding tert-OH is 4. The van der Waals surface area contributed by atoms with Crippen LogP contribution < -0.4 is 0 Å². The molecular formula is C6H11ClO8S. The number of halogens is 1. The van der Waals surface area contributed by atoms with Crippen LogP contribution >= 0.6 is 10.7 Å². The maximum atomic E-state index is 10.7. The summed E-state index contributed by atoms with van der Waals surface area (Å²) in [4.78, 5) is 0. The van der Waals surface area contributed by atoms with Crippen LogP contribution in [0.2, 0.25) is 0 Å². The highest BCUT2D eigenvalue weighted by Gasteiger charge is 2.53. The van der Waals surface area contributed by atoms with Crippen LogP contribution in [0, 0.1) is 0 Å². The molecule has 0 aliphatic carbocycles. The maximum absolute atomic E-state index is 10.7. The molecule has 0 radical (unpaired) electrons. The Morgan fingerprint density at radius 2 is 2.00 bits per heavy atom. The van der Waals surface area contributed by atoms with Gasteiger partial charge in [0, 0.05) is 10.7 Å². The molecular weight excluding hydrogens is 268 g/mol. The Morgan fingerprint density at radius 3 is 2.44 bits per heavy atom. The van der Waals surface area contributed by atoms with Crippen LogP contribution in [0.4, 0.5) is 0 Å². The highest BCUT2D eigenvalue weighted by atomic mass is 35.7. The summed E-state index contributed by atoms with van der Waals surface area (Å²) in [5.41, 5.74) is 0. The second-order valence-corrected chi connectivity index (χ2v) is 5.35. The van der Waals surface area contributed by atoms with Gasteiger partial charge >= 0.3 is 9.33 Å². The van der Waals surface area contributed by atoms with Crippen LogP contribution in [0.5, 0.6) is 0 Å². The lowest BCUT2D eigenvalue weighted by Crippen LogP contribution is -2.64. The zero-order valence-electron chi connectivity index (χ0n) is 7.85. The van der Waals surface area contributed by atoms with Crippen molar-refractivity contribution in [3.05, 3.63) is 0 Å². The first-order chi connectivity index (χ1) is 7.22. The largest absolute Gasteiger partial charge is 0.391 e. The van der Waals surface area contributed by atoms with Gasteiger partial charge in [0.25, 0.3) is 0 Å². The lowest BCUT2D eigenvalue weighted by molar-refractivity contribution is -0.316. The van der Waals surface area contributed by atoms with Gasteiger partial charge in [-0.2, -0.15) is 8.42 Å². The van der Waals surface area contributed by atoms with E-state index in [1.807, 2.05) is 0 Å². The Hall–Kier alpha value is -0.0000000000000000971. The second-order valence-electron chi connectivity index (χ2n) is 3.26. The van der Waals surface area contributed by atoms with E-state index in [2.05, 4.69) is 8.92 Å². The number of hydrogen-bond donors (Lipinski definition) is 4. The monoisotopic (exact) mass is 278 g/mol. The minimum Gasteiger partial charge on any atom is -0.391 e. The van der Waals surface area contributed by atoms with Crippen LogP contribution in [-0.4, -0.2) is 66.2 Å². The molecule has 4 N–H and O–H groups in total. The van der Waals surface area contributed by atoms with Gasteiger partial charge in [0.15, 0.2) is 0 Å². The smallest absolute Gasteiger partial charge is 0.358 e. The van der Waals surface area contributed by atoms with Gasteiger partial charge in [0.05, 0.1) is 6.61 Å². The van der Waals surface area contributed by atoms with E-state index in [0.717, 1.165) is 0 Å². The molecule has 8 nitrogen and oxygen atoms in total. The third-order valence-corrected chi connectivity index (χ3v) is 2.80. The first-order valence-corrected chi connectivity index (χ1v) is 6.39. The van der Waals surface area contributed by atoms with Crippen LogP contribution in [-0.2, 0) is 18.3 Å². The van der Waals surface area contributed by atoms with Crippen molar-refractivity contribution < 1.29 is 37.8 Å². The fourth-order valence-electron chi connectivity index (χ4n) is 1.29. The van der Waals surface area contributed by atoms with Gasteiger partial charge in [-0.3, -0.25) is 0 Å². The summed E-state index contributed by atoms with van der Waals surface area (Å²) in [5, 5.41) is 36.9. The summed E-state index contributed by atoms with van der Waals surface area (Å²) in [7, 11) is 0.254. The number of ether oxygens (including phenoxy) is 1. The standard InChI is InChI=1S/C6H11ClO8S/c7-16(12,13)15-6(2-8)5(11)4(10)3(9)1-14-6/h3-5,8-11H,1-2H2/t3-,4-,5+,6?/m1/s1. The summed E-state index contributed by atoms with van der Waals surface area (Å²) in [5.74, 6) is -2.40. The van der Waals surface area contributed by atoms with Gasteiger partial charge in [-0.05, 0) is 0 Å². The predicted molar refractivity (Wildman–Crippen MR) is 49.6 cm³/mol. The van der Waals surface area contributed by atoms with Crippen molar-refractivity contribution in [2.24, 2.45) is 0 Å². The summed E-state index contributed by atoms with van der Waals surface area (Å²) in [6.07, 6.45) is -5.11. The summed E-state index contributed by atoms with van der Waals surface area (Å²) < 4.78 is 30.3. The zero-order valence-corrected chi connectivity index (χ0v) is 9.43. The topological polar surface area (TPSA) is 134 Å². The molecule has 0 saturated carbocycles. The Bertz CT molecular complexity index is 344. The first kappa shape index (κ1) is 14.1. The van der Waals surface area contributed by atoms with Gasteiger partial charge < -0.3 is 25.2 Å². The molecule has 0 amide bonds. The quantitative estimate of drug-likeness (QED) is 0.409. The van der Waals surface area contributed by atoms with Crippen molar-refractivity contribution in [3.8, 4) is 0 Å². The van der Waals surface area contributed by atoms with E-state index in [1.165, 1.54) is 0 Å². The van der Waals surface area contributed by atoms with Crippen molar-refractivity contribution >= 4 is 20.0 Å². The summed E-state index contributed by atoms with van der Waals surface area (Å²) in [6, 6.07) is 0. The Morgan fingerprint density at radius 1 is 1.44 bits per heavy atom. The minimum absolute atomic E-state index is 0.523. The number of aliphatic hydroxyl groups is 4. The third-order valence-electron chi connectivity index (χ3n) is 2.13. The van der Waals surface area contributed by atoms with E-state index < -0.39 is 46.6 Å². The van der Waals surface area contributed by atoms with Gasteiger partial charge in [0.1, 0.15) is 24.9 Å². The fraction of sp³-hybridized carbons (Fsp3) is 1.00. The molecule has 96 valence electrons. The number of hydrogen-bond acceptors (Lipinski definition) is 8. The highest BCUT2D eigenvalue weighted by Crippen LogP contribution is 2.29. The fourth-order valence-corrected chi connectivity index (χ4v) is 2.14. The maximum Gasteiger partial charge on any atom is 0.358 e. The van der Waals surface area contributed by atoms with E-state index in [4.69, 9.17) is 20.9 Å². The minimum atomic E-state index is -4.53. The van der Waals surface area contributed by atoms with Crippen molar-refractivity contribution in [3.63, 3.8) is 0 Å². The van der Waals surface area contributed by atoms with Gasteiger partial charge in [0.2, 0.25) is 5.79 Å². The molecule has 1 unspecified atom stereocenters. The van der Waals surface area contributed by atoms with Crippen LogP contribution in [0.25, 0.3) is 0 Å². The van der Waals surface area contributed by atoms with Crippen LogP contribution in [0.15, 0.2) is 0 Å². The van der Waals surface area contributed by atoms with Crippen LogP contribution in [0.1, 0.15) is 0 Å². The first-order valence-electron chi connectivity index (χ1n) is 4.16. The third kappa shape index (κ3) is 2.81. The molecule has 0 spiro atoms. The summed E-state index contributed by atoms with van der Waals surface area (Å²) >= 11 is 0. The second kappa shape index (κ2) is 4.70.